The Morgan fingerprint density at radius 1 is 1.30 bits per heavy atom. The van der Waals surface area contributed by atoms with Crippen LogP contribution in [0.15, 0.2) is 23.2 Å². The van der Waals surface area contributed by atoms with E-state index in [1.165, 1.54) is 5.69 Å². The zero-order valence-electron chi connectivity index (χ0n) is 12.1. The summed E-state index contributed by atoms with van der Waals surface area (Å²) in [6.45, 7) is 8.00. The topological polar surface area (TPSA) is 55.6 Å². The van der Waals surface area contributed by atoms with Crippen LogP contribution >= 0.6 is 15.9 Å². The summed E-state index contributed by atoms with van der Waals surface area (Å²) < 4.78 is 3.15. The van der Waals surface area contributed by atoms with Gasteiger partial charge in [-0.2, -0.15) is 5.10 Å². The number of halogens is 1. The van der Waals surface area contributed by atoms with Crippen LogP contribution in [0, 0.1) is 6.92 Å². The van der Waals surface area contributed by atoms with E-state index in [9.17, 15) is 0 Å². The summed E-state index contributed by atoms with van der Waals surface area (Å²) in [7, 11) is 0. The van der Waals surface area contributed by atoms with E-state index >= 15 is 0 Å². The van der Waals surface area contributed by atoms with Crippen molar-refractivity contribution in [1.82, 2.24) is 25.1 Å². The van der Waals surface area contributed by atoms with Gasteiger partial charge in [0.25, 0.3) is 0 Å². The lowest BCUT2D eigenvalue weighted by atomic mass is 10.0. The molecule has 0 aromatic carbocycles. The molecule has 0 aliphatic heterocycles. The van der Waals surface area contributed by atoms with Crippen molar-refractivity contribution in [3.05, 3.63) is 40.1 Å². The number of hydrogen-bond donors (Lipinski definition) is 1. The van der Waals surface area contributed by atoms with Crippen molar-refractivity contribution < 1.29 is 0 Å². The fraction of sp³-hybridized carbons (Fsp3) is 0.500. The van der Waals surface area contributed by atoms with Crippen LogP contribution < -0.4 is 5.32 Å². The normalized spacial score (nSPS) is 12.6. The van der Waals surface area contributed by atoms with Gasteiger partial charge in [-0.05, 0) is 36.3 Å². The molecule has 0 radical (unpaired) electrons. The summed E-state index contributed by atoms with van der Waals surface area (Å²) in [6.07, 6.45) is 6.15. The van der Waals surface area contributed by atoms with Gasteiger partial charge in [0.2, 0.25) is 0 Å². The minimum absolute atomic E-state index is 0.193. The first-order valence-electron chi connectivity index (χ1n) is 6.87. The van der Waals surface area contributed by atoms with Crippen LogP contribution in [0.2, 0.25) is 0 Å². The molecule has 0 aliphatic rings. The van der Waals surface area contributed by atoms with Crippen molar-refractivity contribution in [3.8, 4) is 0 Å². The van der Waals surface area contributed by atoms with E-state index in [2.05, 4.69) is 50.2 Å². The number of rotatable bonds is 6. The summed E-state index contributed by atoms with van der Waals surface area (Å²) in [5, 5.41) is 8.04. The molecular weight excluding hydrogens is 318 g/mol. The zero-order valence-corrected chi connectivity index (χ0v) is 13.7. The molecule has 20 heavy (non-hydrogen) atoms. The van der Waals surface area contributed by atoms with E-state index in [1.807, 2.05) is 24.0 Å². The summed E-state index contributed by atoms with van der Waals surface area (Å²) in [5.74, 6) is 0. The maximum atomic E-state index is 4.55. The van der Waals surface area contributed by atoms with Gasteiger partial charge in [-0.15, -0.1) is 0 Å². The van der Waals surface area contributed by atoms with Crippen LogP contribution in [0.25, 0.3) is 0 Å². The van der Waals surface area contributed by atoms with Crippen LogP contribution in [0.1, 0.15) is 36.8 Å². The number of likely N-dealkylation sites (N-methyl/N-ethyl adjacent to an activating group) is 1. The molecule has 0 spiro atoms. The van der Waals surface area contributed by atoms with Crippen LogP contribution in [0.3, 0.4) is 0 Å². The predicted octanol–water partition coefficient (Wildman–Crippen LogP) is 2.66. The lowest BCUT2D eigenvalue weighted by Crippen LogP contribution is -2.24. The Labute approximate surface area is 128 Å². The highest BCUT2D eigenvalue weighted by molar-refractivity contribution is 9.10. The molecule has 1 unspecified atom stereocenters. The maximum absolute atomic E-state index is 4.55. The average molecular weight is 338 g/mol. The van der Waals surface area contributed by atoms with Gasteiger partial charge in [0.05, 0.1) is 15.9 Å². The fourth-order valence-electron chi connectivity index (χ4n) is 2.30. The summed E-state index contributed by atoms with van der Waals surface area (Å²) >= 11 is 3.65. The summed E-state index contributed by atoms with van der Waals surface area (Å²) in [6, 6.07) is 0.193. The molecule has 0 amide bonds. The minimum Gasteiger partial charge on any atom is -0.310 e. The summed E-state index contributed by atoms with van der Waals surface area (Å²) in [4.78, 5) is 8.23. The van der Waals surface area contributed by atoms with Gasteiger partial charge >= 0.3 is 0 Å². The number of nitrogens with one attached hydrogen (secondary N) is 1. The van der Waals surface area contributed by atoms with Crippen molar-refractivity contribution in [1.29, 1.82) is 0 Å². The molecule has 0 bridgehead atoms. The van der Waals surface area contributed by atoms with E-state index in [0.29, 0.717) is 0 Å². The van der Waals surface area contributed by atoms with Crippen molar-refractivity contribution in [2.45, 2.75) is 39.8 Å². The maximum Gasteiger partial charge on any atom is 0.115 e. The lowest BCUT2D eigenvalue weighted by molar-refractivity contribution is 0.512. The SMILES string of the molecule is CCNC(Cc1c(Br)c(C)nn1CC)c1cncnc1. The van der Waals surface area contributed by atoms with Crippen LogP contribution in [-0.2, 0) is 13.0 Å². The van der Waals surface area contributed by atoms with Crippen molar-refractivity contribution in [2.24, 2.45) is 0 Å². The van der Waals surface area contributed by atoms with Gasteiger partial charge in [-0.3, -0.25) is 4.68 Å². The molecule has 2 heterocycles. The number of hydrogen-bond acceptors (Lipinski definition) is 4. The van der Waals surface area contributed by atoms with Gasteiger partial charge in [-0.25, -0.2) is 9.97 Å². The van der Waals surface area contributed by atoms with Crippen molar-refractivity contribution in [3.63, 3.8) is 0 Å². The Morgan fingerprint density at radius 3 is 2.60 bits per heavy atom. The van der Waals surface area contributed by atoms with Gasteiger partial charge < -0.3 is 5.32 Å². The molecule has 0 aliphatic carbocycles. The van der Waals surface area contributed by atoms with Crippen LogP contribution in [0.5, 0.6) is 0 Å². The molecule has 1 atom stereocenters. The first-order valence-corrected chi connectivity index (χ1v) is 7.66. The van der Waals surface area contributed by atoms with Gasteiger partial charge in [0, 0.05) is 37.0 Å². The number of nitrogens with zero attached hydrogens (tertiary/aromatic N) is 4. The second-order valence-corrected chi connectivity index (χ2v) is 5.44. The molecule has 0 fully saturated rings. The number of aromatic nitrogens is 4. The van der Waals surface area contributed by atoms with Crippen LogP contribution in [0.4, 0.5) is 0 Å². The highest BCUT2D eigenvalue weighted by Gasteiger charge is 2.18. The first kappa shape index (κ1) is 15.1. The monoisotopic (exact) mass is 337 g/mol. The zero-order chi connectivity index (χ0) is 14.5. The Hall–Kier alpha value is -1.27. The van der Waals surface area contributed by atoms with Gasteiger partial charge in [0.1, 0.15) is 6.33 Å². The van der Waals surface area contributed by atoms with E-state index in [1.54, 1.807) is 6.33 Å². The third-order valence-corrected chi connectivity index (χ3v) is 4.32. The lowest BCUT2D eigenvalue weighted by Gasteiger charge is -2.18. The average Bonchev–Trinajstić information content (AvgIpc) is 2.75. The Bertz CT molecular complexity index is 552. The molecule has 108 valence electrons. The van der Waals surface area contributed by atoms with E-state index in [0.717, 1.165) is 35.2 Å². The molecule has 1 N–H and O–H groups in total. The molecule has 2 aromatic heterocycles. The van der Waals surface area contributed by atoms with Crippen molar-refractivity contribution >= 4 is 15.9 Å². The largest absolute Gasteiger partial charge is 0.310 e. The van der Waals surface area contributed by atoms with Gasteiger partial charge in [-0.1, -0.05) is 6.92 Å². The van der Waals surface area contributed by atoms with Crippen LogP contribution in [-0.4, -0.2) is 26.3 Å². The number of aryl methyl sites for hydroxylation is 2. The molecular formula is C14H20BrN5. The Balaban J connectivity index is 2.29. The fourth-order valence-corrected chi connectivity index (χ4v) is 2.75. The minimum atomic E-state index is 0.193. The summed E-state index contributed by atoms with van der Waals surface area (Å²) in [5.41, 5.74) is 3.34. The van der Waals surface area contributed by atoms with Crippen molar-refractivity contribution in [2.75, 3.05) is 6.54 Å². The second kappa shape index (κ2) is 6.95. The molecule has 0 saturated heterocycles. The third kappa shape index (κ3) is 3.24. The molecule has 2 aromatic rings. The smallest absolute Gasteiger partial charge is 0.115 e. The van der Waals surface area contributed by atoms with Gasteiger partial charge in [0.15, 0.2) is 0 Å². The highest BCUT2D eigenvalue weighted by Crippen LogP contribution is 2.26. The molecule has 2 rings (SSSR count). The second-order valence-electron chi connectivity index (χ2n) is 4.65. The van der Waals surface area contributed by atoms with E-state index < -0.39 is 0 Å². The predicted molar refractivity (Wildman–Crippen MR) is 82.5 cm³/mol. The molecule has 6 heteroatoms. The highest BCUT2D eigenvalue weighted by atomic mass is 79.9. The Morgan fingerprint density at radius 2 is 2.00 bits per heavy atom. The molecule has 0 saturated carbocycles. The van der Waals surface area contributed by atoms with E-state index in [-0.39, 0.29) is 6.04 Å². The molecule has 5 nitrogen and oxygen atoms in total. The Kier molecular flexibility index (Phi) is 5.25. The van der Waals surface area contributed by atoms with E-state index in [4.69, 9.17) is 0 Å². The first-order chi connectivity index (χ1) is 9.67. The standard InChI is InChI=1S/C14H20BrN5/c1-4-18-12(11-7-16-9-17-8-11)6-13-14(15)10(3)19-20(13)5-2/h7-9,12,18H,4-6H2,1-3H3. The third-order valence-electron chi connectivity index (χ3n) is 3.28. The quantitative estimate of drug-likeness (QED) is 0.880.